The number of hydrogen-bond acceptors (Lipinski definition) is 6. The highest BCUT2D eigenvalue weighted by Gasteiger charge is 2.13. The van der Waals surface area contributed by atoms with Crippen LogP contribution in [-0.4, -0.2) is 28.8 Å². The average Bonchev–Trinajstić information content (AvgIpc) is 3.27. The maximum atomic E-state index is 12.7. The summed E-state index contributed by atoms with van der Waals surface area (Å²) in [6.45, 7) is 0. The highest BCUT2D eigenvalue weighted by molar-refractivity contribution is 7.15. The van der Waals surface area contributed by atoms with Gasteiger partial charge in [-0.2, -0.15) is 4.52 Å². The maximum absolute atomic E-state index is 12.7. The van der Waals surface area contributed by atoms with Gasteiger partial charge in [0.25, 0.3) is 5.56 Å². The lowest BCUT2D eigenvalue weighted by Crippen LogP contribution is -2.23. The number of rotatable bonds is 6. The standard InChI is InChI=1S/C21H17Cl2N3O3S/c1-28-15-6-7-17(29-2)13(9-15)4-8-19-24-21-26(25-19)20(27)18(30-21)10-12-3-5-14(22)11-16(12)23/h3,5-7,9-11H,4,8H2,1-2H3/b18-10-. The van der Waals surface area contributed by atoms with Crippen molar-refractivity contribution in [3.63, 3.8) is 0 Å². The number of hydrogen-bond donors (Lipinski definition) is 0. The van der Waals surface area contributed by atoms with Crippen LogP contribution in [0.15, 0.2) is 41.2 Å². The van der Waals surface area contributed by atoms with Crippen LogP contribution in [0.2, 0.25) is 10.0 Å². The number of benzene rings is 2. The van der Waals surface area contributed by atoms with E-state index < -0.39 is 0 Å². The number of thiazole rings is 1. The minimum absolute atomic E-state index is 0.223. The summed E-state index contributed by atoms with van der Waals surface area (Å²) < 4.78 is 12.5. The number of nitrogens with zero attached hydrogens (tertiary/aromatic N) is 3. The maximum Gasteiger partial charge on any atom is 0.291 e. The Bertz CT molecular complexity index is 1330. The van der Waals surface area contributed by atoms with Gasteiger partial charge in [-0.3, -0.25) is 4.79 Å². The average molecular weight is 462 g/mol. The second kappa shape index (κ2) is 8.63. The van der Waals surface area contributed by atoms with Gasteiger partial charge >= 0.3 is 0 Å². The molecule has 30 heavy (non-hydrogen) atoms. The number of methoxy groups -OCH3 is 2. The van der Waals surface area contributed by atoms with Crippen LogP contribution in [0, 0.1) is 0 Å². The summed E-state index contributed by atoms with van der Waals surface area (Å²) in [5.74, 6) is 2.13. The van der Waals surface area contributed by atoms with Crippen molar-refractivity contribution in [1.82, 2.24) is 14.6 Å². The first-order valence-electron chi connectivity index (χ1n) is 9.04. The van der Waals surface area contributed by atoms with E-state index in [-0.39, 0.29) is 5.56 Å². The van der Waals surface area contributed by atoms with Gasteiger partial charge in [0.2, 0.25) is 4.96 Å². The molecule has 0 atom stereocenters. The number of aromatic nitrogens is 3. The summed E-state index contributed by atoms with van der Waals surface area (Å²) in [6, 6.07) is 10.8. The Kier molecular flexibility index (Phi) is 5.94. The second-order valence-electron chi connectivity index (χ2n) is 6.48. The molecule has 4 aromatic rings. The molecule has 9 heteroatoms. The quantitative estimate of drug-likeness (QED) is 0.436. The van der Waals surface area contributed by atoms with Gasteiger partial charge in [-0.25, -0.2) is 4.98 Å². The van der Waals surface area contributed by atoms with Crippen LogP contribution in [0.3, 0.4) is 0 Å². The molecule has 0 saturated heterocycles. The van der Waals surface area contributed by atoms with Crippen molar-refractivity contribution in [2.45, 2.75) is 12.8 Å². The fourth-order valence-electron chi connectivity index (χ4n) is 3.06. The molecular weight excluding hydrogens is 445 g/mol. The first-order chi connectivity index (χ1) is 14.5. The van der Waals surface area contributed by atoms with E-state index in [9.17, 15) is 4.79 Å². The van der Waals surface area contributed by atoms with Crippen molar-refractivity contribution in [1.29, 1.82) is 0 Å². The molecule has 0 aliphatic heterocycles. The SMILES string of the molecule is COc1ccc(OC)c(CCc2nc3s/c(=C\c4ccc(Cl)cc4Cl)c(=O)n3n2)c1. The zero-order chi connectivity index (χ0) is 21.3. The predicted octanol–water partition coefficient (Wildman–Crippen LogP) is 3.81. The van der Waals surface area contributed by atoms with Crippen molar-refractivity contribution in [3.05, 3.63) is 78.3 Å². The number of halogens is 2. The van der Waals surface area contributed by atoms with Gasteiger partial charge in [-0.15, -0.1) is 5.10 Å². The highest BCUT2D eigenvalue weighted by Crippen LogP contribution is 2.25. The Hall–Kier alpha value is -2.61. The Morgan fingerprint density at radius 2 is 1.93 bits per heavy atom. The molecule has 0 bridgehead atoms. The van der Waals surface area contributed by atoms with E-state index in [4.69, 9.17) is 32.7 Å². The van der Waals surface area contributed by atoms with Crippen molar-refractivity contribution in [3.8, 4) is 11.5 Å². The third-order valence-corrected chi connectivity index (χ3v) is 6.10. The molecule has 0 spiro atoms. The van der Waals surface area contributed by atoms with Gasteiger partial charge in [0.1, 0.15) is 11.5 Å². The molecule has 0 unspecified atom stereocenters. The van der Waals surface area contributed by atoms with Gasteiger partial charge < -0.3 is 9.47 Å². The Morgan fingerprint density at radius 1 is 1.10 bits per heavy atom. The first kappa shape index (κ1) is 20.7. The van der Waals surface area contributed by atoms with E-state index in [1.807, 2.05) is 18.2 Å². The zero-order valence-corrected chi connectivity index (χ0v) is 18.5. The van der Waals surface area contributed by atoms with Crippen LogP contribution in [0.25, 0.3) is 11.0 Å². The molecule has 2 heterocycles. The molecular formula is C21H17Cl2N3O3S. The summed E-state index contributed by atoms with van der Waals surface area (Å²) in [6.07, 6.45) is 2.95. The van der Waals surface area contributed by atoms with Gasteiger partial charge in [0, 0.05) is 16.5 Å². The van der Waals surface area contributed by atoms with E-state index in [2.05, 4.69) is 10.1 Å². The summed E-state index contributed by atoms with van der Waals surface area (Å²) in [4.78, 5) is 17.8. The van der Waals surface area contributed by atoms with Crippen LogP contribution >= 0.6 is 34.5 Å². The van der Waals surface area contributed by atoms with E-state index in [1.54, 1.807) is 38.5 Å². The minimum atomic E-state index is -0.223. The molecule has 0 aliphatic carbocycles. The minimum Gasteiger partial charge on any atom is -0.497 e. The number of ether oxygens (including phenoxy) is 2. The lowest BCUT2D eigenvalue weighted by atomic mass is 10.1. The largest absolute Gasteiger partial charge is 0.497 e. The normalized spacial score (nSPS) is 11.9. The summed E-state index contributed by atoms with van der Waals surface area (Å²) >= 11 is 13.4. The molecule has 4 rings (SSSR count). The molecule has 0 fully saturated rings. The molecule has 0 radical (unpaired) electrons. The summed E-state index contributed by atoms with van der Waals surface area (Å²) in [5, 5.41) is 5.40. The topological polar surface area (TPSA) is 65.7 Å². The van der Waals surface area contributed by atoms with E-state index in [1.165, 1.54) is 15.9 Å². The zero-order valence-electron chi connectivity index (χ0n) is 16.2. The van der Waals surface area contributed by atoms with Crippen molar-refractivity contribution >= 4 is 45.6 Å². The van der Waals surface area contributed by atoms with Crippen LogP contribution in [0.1, 0.15) is 17.0 Å². The Labute approximate surface area is 186 Å². The van der Waals surface area contributed by atoms with Crippen LogP contribution in [0.5, 0.6) is 11.5 Å². The fraction of sp³-hybridized carbons (Fsp3) is 0.190. The fourth-order valence-corrected chi connectivity index (χ4v) is 4.44. The van der Waals surface area contributed by atoms with E-state index >= 15 is 0 Å². The van der Waals surface area contributed by atoms with Crippen LogP contribution in [-0.2, 0) is 12.8 Å². The molecule has 2 aromatic heterocycles. The van der Waals surface area contributed by atoms with Gasteiger partial charge in [0.05, 0.1) is 18.8 Å². The summed E-state index contributed by atoms with van der Waals surface area (Å²) in [5.41, 5.74) is 1.48. The summed E-state index contributed by atoms with van der Waals surface area (Å²) in [7, 11) is 3.25. The first-order valence-corrected chi connectivity index (χ1v) is 10.6. The lowest BCUT2D eigenvalue weighted by Gasteiger charge is -2.09. The molecule has 154 valence electrons. The van der Waals surface area contributed by atoms with Crippen molar-refractivity contribution < 1.29 is 9.47 Å². The Morgan fingerprint density at radius 3 is 2.63 bits per heavy atom. The van der Waals surface area contributed by atoms with Crippen LogP contribution < -0.4 is 19.6 Å². The molecule has 2 aromatic carbocycles. The van der Waals surface area contributed by atoms with Gasteiger partial charge in [0.15, 0.2) is 5.82 Å². The van der Waals surface area contributed by atoms with Crippen molar-refractivity contribution in [2.75, 3.05) is 14.2 Å². The highest BCUT2D eigenvalue weighted by atomic mass is 35.5. The van der Waals surface area contributed by atoms with Gasteiger partial charge in [-0.05, 0) is 54.0 Å². The lowest BCUT2D eigenvalue weighted by molar-refractivity contribution is 0.398. The predicted molar refractivity (Wildman–Crippen MR) is 119 cm³/mol. The smallest absolute Gasteiger partial charge is 0.291 e. The van der Waals surface area contributed by atoms with E-state index in [0.717, 1.165) is 17.1 Å². The van der Waals surface area contributed by atoms with E-state index in [0.29, 0.717) is 43.8 Å². The molecule has 0 aliphatic rings. The molecule has 6 nitrogen and oxygen atoms in total. The van der Waals surface area contributed by atoms with Gasteiger partial charge in [-0.1, -0.05) is 40.6 Å². The molecule has 0 N–H and O–H groups in total. The molecule has 0 saturated carbocycles. The third kappa shape index (κ3) is 4.14. The van der Waals surface area contributed by atoms with Crippen LogP contribution in [0.4, 0.5) is 0 Å². The van der Waals surface area contributed by atoms with Crippen molar-refractivity contribution in [2.24, 2.45) is 0 Å². The molecule has 0 amide bonds. The second-order valence-corrected chi connectivity index (χ2v) is 8.33. The third-order valence-electron chi connectivity index (χ3n) is 4.58. The Balaban J connectivity index is 1.60. The number of fused-ring (bicyclic) bond motifs is 1. The number of aryl methyl sites for hydroxylation is 2. The monoisotopic (exact) mass is 461 g/mol.